The van der Waals surface area contributed by atoms with E-state index in [1.807, 2.05) is 12.1 Å². The van der Waals surface area contributed by atoms with Crippen LogP contribution in [0.15, 0.2) is 28.7 Å². The SMILES string of the molecule is O=C(O)CC1CN(C(=O)c2ccc(Br)cc2)CCO1. The monoisotopic (exact) mass is 327 g/mol. The summed E-state index contributed by atoms with van der Waals surface area (Å²) in [4.78, 5) is 24.6. The number of carbonyl (C=O) groups excluding carboxylic acids is 1. The zero-order valence-corrected chi connectivity index (χ0v) is 11.8. The molecule has 1 atom stereocenters. The van der Waals surface area contributed by atoms with E-state index in [-0.39, 0.29) is 12.3 Å². The number of aliphatic carboxylic acids is 1. The third kappa shape index (κ3) is 3.78. The molecular weight excluding hydrogens is 314 g/mol. The number of morpholine rings is 1. The molecule has 0 radical (unpaired) electrons. The van der Waals surface area contributed by atoms with E-state index in [0.29, 0.717) is 25.3 Å². The number of hydrogen-bond donors (Lipinski definition) is 1. The molecule has 0 saturated carbocycles. The first-order valence-corrected chi connectivity index (χ1v) is 6.74. The summed E-state index contributed by atoms with van der Waals surface area (Å²) in [6.07, 6.45) is -0.505. The van der Waals surface area contributed by atoms with Gasteiger partial charge in [0.15, 0.2) is 0 Å². The molecule has 1 heterocycles. The standard InChI is InChI=1S/C13H14BrNO4/c14-10-3-1-9(2-4-10)13(18)15-5-6-19-11(8-15)7-12(16)17/h1-4,11H,5-8H2,(H,16,17). The van der Waals surface area contributed by atoms with Crippen molar-refractivity contribution in [3.8, 4) is 0 Å². The molecule has 0 aromatic heterocycles. The second-order valence-corrected chi connectivity index (χ2v) is 5.26. The highest BCUT2D eigenvalue weighted by Crippen LogP contribution is 2.15. The quantitative estimate of drug-likeness (QED) is 0.918. The number of carboxylic acids is 1. The Morgan fingerprint density at radius 2 is 2.05 bits per heavy atom. The second-order valence-electron chi connectivity index (χ2n) is 4.35. The maximum Gasteiger partial charge on any atom is 0.306 e. The van der Waals surface area contributed by atoms with E-state index in [1.165, 1.54) is 0 Å². The minimum absolute atomic E-state index is 0.0792. The van der Waals surface area contributed by atoms with Gasteiger partial charge in [0.1, 0.15) is 0 Å². The van der Waals surface area contributed by atoms with Crippen molar-refractivity contribution < 1.29 is 19.4 Å². The van der Waals surface area contributed by atoms with Crippen molar-refractivity contribution in [2.24, 2.45) is 0 Å². The lowest BCUT2D eigenvalue weighted by Crippen LogP contribution is -2.46. The number of ether oxygens (including phenoxy) is 1. The molecule has 1 fully saturated rings. The maximum absolute atomic E-state index is 12.2. The number of amides is 1. The zero-order chi connectivity index (χ0) is 13.8. The number of carboxylic acid groups (broad SMARTS) is 1. The summed E-state index contributed by atoms with van der Waals surface area (Å²) in [5.41, 5.74) is 0.596. The van der Waals surface area contributed by atoms with Crippen LogP contribution in [-0.2, 0) is 9.53 Å². The molecule has 1 aliphatic heterocycles. The normalized spacial score (nSPS) is 19.2. The van der Waals surface area contributed by atoms with Gasteiger partial charge in [-0.05, 0) is 24.3 Å². The fraction of sp³-hybridized carbons (Fsp3) is 0.385. The summed E-state index contributed by atoms with van der Waals surface area (Å²) in [5, 5.41) is 8.75. The molecule has 6 heteroatoms. The fourth-order valence-electron chi connectivity index (χ4n) is 2.00. The first kappa shape index (κ1) is 14.0. The third-order valence-corrected chi connectivity index (χ3v) is 3.45. The number of benzene rings is 1. The molecule has 1 N–H and O–H groups in total. The first-order valence-electron chi connectivity index (χ1n) is 5.94. The fourth-order valence-corrected chi connectivity index (χ4v) is 2.26. The van der Waals surface area contributed by atoms with Crippen LogP contribution < -0.4 is 0 Å². The molecule has 19 heavy (non-hydrogen) atoms. The van der Waals surface area contributed by atoms with Crippen molar-refractivity contribution in [1.82, 2.24) is 4.90 Å². The van der Waals surface area contributed by atoms with Crippen molar-refractivity contribution in [2.45, 2.75) is 12.5 Å². The smallest absolute Gasteiger partial charge is 0.306 e. The number of nitrogens with zero attached hydrogens (tertiary/aromatic N) is 1. The van der Waals surface area contributed by atoms with Crippen LogP contribution in [0.1, 0.15) is 16.8 Å². The van der Waals surface area contributed by atoms with Gasteiger partial charge in [-0.25, -0.2) is 0 Å². The number of halogens is 1. The van der Waals surface area contributed by atoms with Gasteiger partial charge >= 0.3 is 5.97 Å². The number of hydrogen-bond acceptors (Lipinski definition) is 3. The molecule has 1 aliphatic rings. The van der Waals surface area contributed by atoms with Crippen LogP contribution in [0, 0.1) is 0 Å². The predicted octanol–water partition coefficient (Wildman–Crippen LogP) is 1.76. The molecule has 1 saturated heterocycles. The molecule has 0 spiro atoms. The molecule has 102 valence electrons. The van der Waals surface area contributed by atoms with E-state index in [1.54, 1.807) is 17.0 Å². The Labute approximate surface area is 119 Å². The molecule has 2 rings (SSSR count). The van der Waals surface area contributed by atoms with Gasteiger partial charge in [-0.15, -0.1) is 0 Å². The van der Waals surface area contributed by atoms with Crippen molar-refractivity contribution in [2.75, 3.05) is 19.7 Å². The van der Waals surface area contributed by atoms with Crippen LogP contribution in [0.25, 0.3) is 0 Å². The van der Waals surface area contributed by atoms with Crippen molar-refractivity contribution >= 4 is 27.8 Å². The Morgan fingerprint density at radius 3 is 2.68 bits per heavy atom. The molecule has 1 aromatic rings. The third-order valence-electron chi connectivity index (χ3n) is 2.92. The topological polar surface area (TPSA) is 66.8 Å². The summed E-state index contributed by atoms with van der Waals surface area (Å²) < 4.78 is 6.25. The van der Waals surface area contributed by atoms with Crippen LogP contribution in [-0.4, -0.2) is 47.7 Å². The highest BCUT2D eigenvalue weighted by molar-refractivity contribution is 9.10. The molecule has 1 unspecified atom stereocenters. The lowest BCUT2D eigenvalue weighted by molar-refractivity contribution is -0.141. The van der Waals surface area contributed by atoms with Crippen LogP contribution in [0.4, 0.5) is 0 Å². The van der Waals surface area contributed by atoms with Crippen molar-refractivity contribution in [3.05, 3.63) is 34.3 Å². The highest BCUT2D eigenvalue weighted by atomic mass is 79.9. The average molecular weight is 328 g/mol. The molecule has 0 bridgehead atoms. The van der Waals surface area contributed by atoms with Gasteiger partial charge in [0.2, 0.25) is 0 Å². The molecule has 1 aromatic carbocycles. The summed E-state index contributed by atoms with van der Waals surface area (Å²) in [6.45, 7) is 1.19. The van der Waals surface area contributed by atoms with Gasteiger partial charge in [0.05, 0.1) is 19.1 Å². The van der Waals surface area contributed by atoms with Crippen LogP contribution in [0.5, 0.6) is 0 Å². The van der Waals surface area contributed by atoms with Gasteiger partial charge in [-0.3, -0.25) is 9.59 Å². The molecule has 5 nitrogen and oxygen atoms in total. The molecule has 0 aliphatic carbocycles. The lowest BCUT2D eigenvalue weighted by atomic mass is 10.1. The first-order chi connectivity index (χ1) is 9.06. The van der Waals surface area contributed by atoms with Gasteiger partial charge in [-0.2, -0.15) is 0 Å². The van der Waals surface area contributed by atoms with Crippen molar-refractivity contribution in [1.29, 1.82) is 0 Å². The predicted molar refractivity (Wildman–Crippen MR) is 72.0 cm³/mol. The van der Waals surface area contributed by atoms with Crippen LogP contribution in [0.3, 0.4) is 0 Å². The Hall–Kier alpha value is -1.40. The second kappa shape index (κ2) is 6.16. The van der Waals surface area contributed by atoms with Gasteiger partial charge < -0.3 is 14.7 Å². The van der Waals surface area contributed by atoms with Gasteiger partial charge in [-0.1, -0.05) is 15.9 Å². The Balaban J connectivity index is 2.02. The van der Waals surface area contributed by atoms with E-state index < -0.39 is 12.1 Å². The van der Waals surface area contributed by atoms with E-state index >= 15 is 0 Å². The number of carbonyl (C=O) groups is 2. The summed E-state index contributed by atoms with van der Waals surface area (Å²) >= 11 is 3.32. The lowest BCUT2D eigenvalue weighted by Gasteiger charge is -2.32. The summed E-state index contributed by atoms with van der Waals surface area (Å²) in [6, 6.07) is 7.10. The van der Waals surface area contributed by atoms with Gasteiger partial charge in [0, 0.05) is 23.1 Å². The van der Waals surface area contributed by atoms with Gasteiger partial charge in [0.25, 0.3) is 5.91 Å². The largest absolute Gasteiger partial charge is 0.481 e. The zero-order valence-electron chi connectivity index (χ0n) is 10.2. The number of rotatable bonds is 3. The summed E-state index contributed by atoms with van der Waals surface area (Å²) in [7, 11) is 0. The van der Waals surface area contributed by atoms with E-state index in [9.17, 15) is 9.59 Å². The van der Waals surface area contributed by atoms with E-state index in [4.69, 9.17) is 9.84 Å². The average Bonchev–Trinajstić information content (AvgIpc) is 2.38. The minimum atomic E-state index is -0.914. The van der Waals surface area contributed by atoms with Crippen LogP contribution >= 0.6 is 15.9 Å². The Bertz CT molecular complexity index is 474. The molecular formula is C13H14BrNO4. The van der Waals surface area contributed by atoms with Crippen LogP contribution in [0.2, 0.25) is 0 Å². The maximum atomic E-state index is 12.2. The van der Waals surface area contributed by atoms with E-state index in [2.05, 4.69) is 15.9 Å². The molecule has 1 amide bonds. The summed E-state index contributed by atoms with van der Waals surface area (Å²) in [5.74, 6) is -1.01. The Kier molecular flexibility index (Phi) is 4.55. The van der Waals surface area contributed by atoms with E-state index in [0.717, 1.165) is 4.47 Å². The van der Waals surface area contributed by atoms with Crippen molar-refractivity contribution in [3.63, 3.8) is 0 Å². The Morgan fingerprint density at radius 1 is 1.37 bits per heavy atom. The highest BCUT2D eigenvalue weighted by Gasteiger charge is 2.26. The minimum Gasteiger partial charge on any atom is -0.481 e.